The molecule has 5 aromatic rings. The van der Waals surface area contributed by atoms with Gasteiger partial charge in [0, 0.05) is 30.5 Å². The summed E-state index contributed by atoms with van der Waals surface area (Å²) in [5.41, 5.74) is 2.49. The van der Waals surface area contributed by atoms with E-state index in [1.54, 1.807) is 0 Å². The van der Waals surface area contributed by atoms with Crippen LogP contribution in [0.3, 0.4) is 0 Å². The van der Waals surface area contributed by atoms with Gasteiger partial charge in [-0.05, 0) is 27.6 Å². The molecule has 0 saturated heterocycles. The van der Waals surface area contributed by atoms with Gasteiger partial charge in [0.15, 0.2) is 11.9 Å². The average molecular weight is 294 g/mol. The van der Waals surface area contributed by atoms with Gasteiger partial charge in [-0.2, -0.15) is 4.40 Å². The fraction of sp³-hybridized carbons (Fsp3) is 0.0455. The topological polar surface area (TPSA) is 4.10 Å². The Hall–Kier alpha value is -2.93. The molecule has 1 heteroatoms. The predicted molar refractivity (Wildman–Crippen MR) is 96.9 cm³/mol. The Kier molecular flexibility index (Phi) is 2.48. The maximum Gasteiger partial charge on any atom is 0.211 e. The molecule has 0 atom stereocenters. The quantitative estimate of drug-likeness (QED) is 0.210. The number of rotatable bonds is 0. The number of fused-ring (bicyclic) bond motifs is 7. The number of nitrogens with zero attached hydrogens (tertiary/aromatic N) is 1. The molecular weight excluding hydrogens is 278 g/mol. The monoisotopic (exact) mass is 294 g/mol. The summed E-state index contributed by atoms with van der Waals surface area (Å²) in [6, 6.07) is 26.2. The van der Waals surface area contributed by atoms with Gasteiger partial charge >= 0.3 is 0 Å². The van der Waals surface area contributed by atoms with Crippen LogP contribution in [-0.2, 0) is 0 Å². The maximum absolute atomic E-state index is 2.32. The average Bonchev–Trinajstić information content (AvgIpc) is 2.61. The maximum atomic E-state index is 2.32. The van der Waals surface area contributed by atoms with E-state index in [1.165, 1.54) is 43.5 Å². The second kappa shape index (κ2) is 4.53. The molecule has 0 aliphatic rings. The van der Waals surface area contributed by atoms with Crippen molar-refractivity contribution >= 4 is 37.8 Å². The highest BCUT2D eigenvalue weighted by Crippen LogP contribution is 2.34. The first-order valence-corrected chi connectivity index (χ1v) is 7.97. The number of benzene rings is 3. The molecule has 0 aliphatic carbocycles. The zero-order chi connectivity index (χ0) is 15.4. The lowest BCUT2D eigenvalue weighted by molar-refractivity contribution is -0.518. The summed E-state index contributed by atoms with van der Waals surface area (Å²) < 4.78 is 2.28. The van der Waals surface area contributed by atoms with Crippen molar-refractivity contribution in [3.05, 3.63) is 84.7 Å². The van der Waals surface area contributed by atoms with Crippen LogP contribution in [0.4, 0.5) is 0 Å². The highest BCUT2D eigenvalue weighted by atomic mass is 14.9. The molecule has 0 amide bonds. The molecule has 0 unspecified atom stereocenters. The molecule has 1 nitrogen and oxygen atoms in total. The Morgan fingerprint density at radius 1 is 0.565 bits per heavy atom. The van der Waals surface area contributed by atoms with Gasteiger partial charge in [0.05, 0.1) is 5.39 Å². The van der Waals surface area contributed by atoms with Gasteiger partial charge in [-0.25, -0.2) is 0 Å². The van der Waals surface area contributed by atoms with Crippen LogP contribution in [0, 0.1) is 6.92 Å². The Balaban J connectivity index is 2.16. The van der Waals surface area contributed by atoms with Crippen LogP contribution in [0.2, 0.25) is 0 Å². The molecule has 0 aliphatic heterocycles. The van der Waals surface area contributed by atoms with Crippen LogP contribution in [0.25, 0.3) is 37.8 Å². The lowest BCUT2D eigenvalue weighted by Crippen LogP contribution is -2.24. The van der Waals surface area contributed by atoms with E-state index in [0.29, 0.717) is 0 Å². The summed E-state index contributed by atoms with van der Waals surface area (Å²) in [6.07, 6.45) is 2.29. The highest BCUT2D eigenvalue weighted by molar-refractivity contribution is 6.25. The fourth-order valence-corrected chi connectivity index (χ4v) is 3.71. The second-order valence-corrected chi connectivity index (χ2v) is 6.15. The van der Waals surface area contributed by atoms with Crippen molar-refractivity contribution in [1.82, 2.24) is 0 Å². The van der Waals surface area contributed by atoms with Crippen molar-refractivity contribution in [1.29, 1.82) is 0 Å². The van der Waals surface area contributed by atoms with Crippen LogP contribution >= 0.6 is 0 Å². The van der Waals surface area contributed by atoms with E-state index in [0.717, 1.165) is 0 Å². The largest absolute Gasteiger partial charge is 0.211 e. The van der Waals surface area contributed by atoms with Gasteiger partial charge in [-0.1, -0.05) is 48.5 Å². The molecule has 0 fully saturated rings. The summed E-state index contributed by atoms with van der Waals surface area (Å²) in [6.45, 7) is 2.15. The number of aryl methyl sites for hydroxylation is 1. The van der Waals surface area contributed by atoms with E-state index in [9.17, 15) is 0 Å². The van der Waals surface area contributed by atoms with Gasteiger partial charge in [-0.3, -0.25) is 0 Å². The lowest BCUT2D eigenvalue weighted by Gasteiger charge is -2.09. The van der Waals surface area contributed by atoms with E-state index >= 15 is 0 Å². The van der Waals surface area contributed by atoms with Crippen LogP contribution < -0.4 is 4.40 Å². The molecule has 0 saturated carbocycles. The minimum atomic E-state index is 1.23. The van der Waals surface area contributed by atoms with E-state index in [-0.39, 0.29) is 0 Å². The number of hydrogen-bond acceptors (Lipinski definition) is 0. The summed E-state index contributed by atoms with van der Waals surface area (Å²) in [7, 11) is 0. The van der Waals surface area contributed by atoms with Gasteiger partial charge in [0.1, 0.15) is 0 Å². The Labute approximate surface area is 134 Å². The number of aromatic nitrogens is 1. The van der Waals surface area contributed by atoms with Crippen LogP contribution in [0.15, 0.2) is 79.0 Å². The Morgan fingerprint density at radius 2 is 1.13 bits per heavy atom. The van der Waals surface area contributed by atoms with Crippen molar-refractivity contribution in [2.75, 3.05) is 0 Å². The zero-order valence-corrected chi connectivity index (χ0v) is 13.0. The van der Waals surface area contributed by atoms with Crippen molar-refractivity contribution < 1.29 is 4.40 Å². The standard InChI is InChI=1S/C22H16N/c1-15-7-6-8-16-13-21-19-11-4-2-9-17(19)18-10-3-5-12-20(18)22(21)14-23(15)16/h2-14H,1H3/q+1. The molecule has 0 spiro atoms. The summed E-state index contributed by atoms with van der Waals surface area (Å²) >= 11 is 0. The predicted octanol–water partition coefficient (Wildman–Crippen LogP) is 5.19. The van der Waals surface area contributed by atoms with Crippen molar-refractivity contribution in [2.24, 2.45) is 0 Å². The number of pyridine rings is 2. The van der Waals surface area contributed by atoms with Crippen molar-refractivity contribution in [3.63, 3.8) is 0 Å². The summed E-state index contributed by atoms with van der Waals surface area (Å²) in [5.74, 6) is 0. The minimum absolute atomic E-state index is 1.23. The second-order valence-electron chi connectivity index (χ2n) is 6.15. The Bertz CT molecular complexity index is 1220. The van der Waals surface area contributed by atoms with Gasteiger partial charge < -0.3 is 0 Å². The molecular formula is C22H16N+. The normalized spacial score (nSPS) is 11.7. The molecule has 3 aromatic carbocycles. The van der Waals surface area contributed by atoms with E-state index in [4.69, 9.17) is 0 Å². The minimum Gasteiger partial charge on any atom is -0.164 e. The molecule has 2 heterocycles. The third-order valence-corrected chi connectivity index (χ3v) is 4.83. The van der Waals surface area contributed by atoms with Gasteiger partial charge in [0.2, 0.25) is 5.52 Å². The summed E-state index contributed by atoms with van der Waals surface area (Å²) in [4.78, 5) is 0. The first-order valence-electron chi connectivity index (χ1n) is 7.97. The highest BCUT2D eigenvalue weighted by Gasteiger charge is 2.13. The van der Waals surface area contributed by atoms with Gasteiger partial charge in [0.25, 0.3) is 0 Å². The first-order chi connectivity index (χ1) is 11.3. The van der Waals surface area contributed by atoms with E-state index in [1.807, 2.05) is 0 Å². The molecule has 2 aromatic heterocycles. The first kappa shape index (κ1) is 12.6. The molecule has 108 valence electrons. The summed E-state index contributed by atoms with van der Waals surface area (Å²) in [5, 5.41) is 7.93. The SMILES string of the molecule is Cc1cccc2cc3c4ccccc4c4ccccc4c3c[n+]12. The zero-order valence-electron chi connectivity index (χ0n) is 13.0. The van der Waals surface area contributed by atoms with Gasteiger partial charge in [-0.15, -0.1) is 0 Å². The van der Waals surface area contributed by atoms with Crippen LogP contribution in [0.5, 0.6) is 0 Å². The Morgan fingerprint density at radius 3 is 1.78 bits per heavy atom. The third-order valence-electron chi connectivity index (χ3n) is 4.83. The molecule has 23 heavy (non-hydrogen) atoms. The number of hydrogen-bond donors (Lipinski definition) is 0. The van der Waals surface area contributed by atoms with Crippen LogP contribution in [-0.4, -0.2) is 0 Å². The third kappa shape index (κ3) is 1.71. The lowest BCUT2D eigenvalue weighted by atomic mass is 9.95. The fourth-order valence-electron chi connectivity index (χ4n) is 3.71. The molecule has 5 rings (SSSR count). The van der Waals surface area contributed by atoms with Crippen molar-refractivity contribution in [2.45, 2.75) is 6.92 Å². The smallest absolute Gasteiger partial charge is 0.164 e. The van der Waals surface area contributed by atoms with E-state index in [2.05, 4.69) is 90.3 Å². The van der Waals surface area contributed by atoms with E-state index < -0.39 is 0 Å². The molecule has 0 N–H and O–H groups in total. The van der Waals surface area contributed by atoms with Crippen molar-refractivity contribution in [3.8, 4) is 0 Å². The molecule has 0 bridgehead atoms. The van der Waals surface area contributed by atoms with Crippen LogP contribution in [0.1, 0.15) is 5.69 Å². The molecule has 0 radical (unpaired) electrons.